The summed E-state index contributed by atoms with van der Waals surface area (Å²) in [6.07, 6.45) is 4.52. The lowest BCUT2D eigenvalue weighted by atomic mass is 10.2. The van der Waals surface area contributed by atoms with Crippen LogP contribution in [-0.2, 0) is 13.0 Å². The normalized spacial score (nSPS) is 12.6. The lowest BCUT2D eigenvalue weighted by Gasteiger charge is -2.01. The number of rotatable bonds is 5. The van der Waals surface area contributed by atoms with Gasteiger partial charge in [0.15, 0.2) is 0 Å². The fourth-order valence-corrected chi connectivity index (χ4v) is 1.56. The van der Waals surface area contributed by atoms with Gasteiger partial charge in [0, 0.05) is 24.9 Å². The van der Waals surface area contributed by atoms with E-state index in [0.717, 1.165) is 18.7 Å². The Labute approximate surface area is 100 Å². The van der Waals surface area contributed by atoms with Crippen molar-refractivity contribution in [1.82, 2.24) is 20.0 Å². The van der Waals surface area contributed by atoms with Crippen molar-refractivity contribution in [2.75, 3.05) is 0 Å². The fraction of sp³-hybridized carbons (Fsp3) is 0.417. The van der Waals surface area contributed by atoms with Crippen molar-refractivity contribution in [3.63, 3.8) is 0 Å². The topological polar surface area (TPSA) is 63.8 Å². The number of pyridine rings is 1. The van der Waals surface area contributed by atoms with Crippen molar-refractivity contribution >= 4 is 0 Å². The Bertz CT molecular complexity index is 455. The van der Waals surface area contributed by atoms with Gasteiger partial charge >= 0.3 is 0 Å². The van der Waals surface area contributed by atoms with Gasteiger partial charge in [-0.05, 0) is 18.6 Å². The second kappa shape index (κ2) is 5.54. The summed E-state index contributed by atoms with van der Waals surface area (Å²) < 4.78 is 1.74. The first-order valence-electron chi connectivity index (χ1n) is 5.77. The fourth-order valence-electron chi connectivity index (χ4n) is 1.56. The maximum Gasteiger partial charge on any atom is 0.111 e. The molecule has 0 radical (unpaired) electrons. The van der Waals surface area contributed by atoms with Gasteiger partial charge in [0.1, 0.15) is 5.69 Å². The highest BCUT2D eigenvalue weighted by molar-refractivity contribution is 5.03. The number of aliphatic hydroxyl groups excluding tert-OH is 1. The van der Waals surface area contributed by atoms with Gasteiger partial charge < -0.3 is 5.11 Å². The van der Waals surface area contributed by atoms with Crippen LogP contribution in [0.5, 0.6) is 0 Å². The number of hydrogen-bond donors (Lipinski definition) is 1. The van der Waals surface area contributed by atoms with E-state index in [1.165, 1.54) is 0 Å². The third-order valence-electron chi connectivity index (χ3n) is 2.61. The second-order valence-electron chi connectivity index (χ2n) is 3.90. The molecule has 1 unspecified atom stereocenters. The number of aryl methyl sites for hydroxylation is 2. The molecule has 0 spiro atoms. The minimum atomic E-state index is -0.515. The Morgan fingerprint density at radius 1 is 1.41 bits per heavy atom. The van der Waals surface area contributed by atoms with Crippen molar-refractivity contribution in [2.24, 2.45) is 0 Å². The van der Waals surface area contributed by atoms with Crippen LogP contribution in [0.25, 0.3) is 0 Å². The summed E-state index contributed by atoms with van der Waals surface area (Å²) in [5.74, 6) is 0. The van der Waals surface area contributed by atoms with Crippen molar-refractivity contribution in [1.29, 1.82) is 0 Å². The summed E-state index contributed by atoms with van der Waals surface area (Å²) >= 11 is 0. The average molecular weight is 232 g/mol. The van der Waals surface area contributed by atoms with Gasteiger partial charge in [0.25, 0.3) is 0 Å². The smallest absolute Gasteiger partial charge is 0.111 e. The molecule has 0 aromatic carbocycles. The lowest BCUT2D eigenvalue weighted by Crippen LogP contribution is -2.03. The molecule has 2 aromatic heterocycles. The molecular weight excluding hydrogens is 216 g/mol. The van der Waals surface area contributed by atoms with E-state index in [0.29, 0.717) is 12.1 Å². The van der Waals surface area contributed by atoms with Crippen LogP contribution >= 0.6 is 0 Å². The first kappa shape index (κ1) is 11.7. The molecule has 5 heteroatoms. The lowest BCUT2D eigenvalue weighted by molar-refractivity contribution is 0.168. The minimum absolute atomic E-state index is 0.515. The van der Waals surface area contributed by atoms with Crippen LogP contribution in [0.2, 0.25) is 0 Å². The van der Waals surface area contributed by atoms with E-state index in [4.69, 9.17) is 0 Å². The zero-order valence-electron chi connectivity index (χ0n) is 9.82. The Morgan fingerprint density at radius 3 is 3.00 bits per heavy atom. The summed E-state index contributed by atoms with van der Waals surface area (Å²) in [6.45, 7) is 2.64. The maximum atomic E-state index is 9.60. The molecule has 0 amide bonds. The Hall–Kier alpha value is -1.75. The van der Waals surface area contributed by atoms with Crippen molar-refractivity contribution in [2.45, 2.75) is 32.4 Å². The molecule has 0 aliphatic heterocycles. The molecule has 0 saturated carbocycles. The molecule has 0 aliphatic carbocycles. The minimum Gasteiger partial charge on any atom is -0.387 e. The Balaban J connectivity index is 1.94. The van der Waals surface area contributed by atoms with Crippen LogP contribution in [0.4, 0.5) is 0 Å². The molecular formula is C12H16N4O. The van der Waals surface area contributed by atoms with E-state index in [1.807, 2.05) is 25.1 Å². The molecule has 0 bridgehead atoms. The Morgan fingerprint density at radius 2 is 2.29 bits per heavy atom. The first-order valence-corrected chi connectivity index (χ1v) is 5.77. The van der Waals surface area contributed by atoms with Gasteiger partial charge in [-0.3, -0.25) is 9.67 Å². The van der Waals surface area contributed by atoms with Crippen LogP contribution < -0.4 is 0 Å². The van der Waals surface area contributed by atoms with E-state index in [1.54, 1.807) is 17.1 Å². The van der Waals surface area contributed by atoms with E-state index < -0.39 is 6.10 Å². The van der Waals surface area contributed by atoms with Gasteiger partial charge in [-0.15, -0.1) is 5.10 Å². The standard InChI is InChI=1S/C12H16N4O/c1-2-12(17)11-9-16(15-14-11)8-6-10-5-3-4-7-13-10/h3-5,7,9,12,17H,2,6,8H2,1H3. The van der Waals surface area contributed by atoms with Crippen LogP contribution in [0.1, 0.15) is 30.8 Å². The van der Waals surface area contributed by atoms with Crippen LogP contribution in [0.15, 0.2) is 30.6 Å². The quantitative estimate of drug-likeness (QED) is 0.845. The summed E-state index contributed by atoms with van der Waals surface area (Å²) in [6, 6.07) is 5.85. The summed E-state index contributed by atoms with van der Waals surface area (Å²) in [7, 11) is 0. The van der Waals surface area contributed by atoms with Gasteiger partial charge in [0.05, 0.1) is 12.3 Å². The summed E-state index contributed by atoms with van der Waals surface area (Å²) in [4.78, 5) is 4.24. The molecule has 0 aliphatic rings. The molecule has 1 N–H and O–H groups in total. The Kier molecular flexibility index (Phi) is 3.82. The number of nitrogens with zero attached hydrogens (tertiary/aromatic N) is 4. The first-order chi connectivity index (χ1) is 8.29. The second-order valence-corrected chi connectivity index (χ2v) is 3.90. The van der Waals surface area contributed by atoms with Gasteiger partial charge in [0.2, 0.25) is 0 Å². The van der Waals surface area contributed by atoms with E-state index in [-0.39, 0.29) is 0 Å². The predicted octanol–water partition coefficient (Wildman–Crippen LogP) is 1.36. The largest absolute Gasteiger partial charge is 0.387 e. The molecule has 5 nitrogen and oxygen atoms in total. The van der Waals surface area contributed by atoms with Crippen LogP contribution in [0, 0.1) is 0 Å². The van der Waals surface area contributed by atoms with Gasteiger partial charge in [-0.1, -0.05) is 18.2 Å². The highest BCUT2D eigenvalue weighted by Gasteiger charge is 2.09. The zero-order chi connectivity index (χ0) is 12.1. The monoisotopic (exact) mass is 232 g/mol. The highest BCUT2D eigenvalue weighted by Crippen LogP contribution is 2.11. The number of aliphatic hydroxyl groups is 1. The van der Waals surface area contributed by atoms with Crippen molar-refractivity contribution < 1.29 is 5.11 Å². The molecule has 0 fully saturated rings. The number of aromatic nitrogens is 4. The molecule has 2 aromatic rings. The summed E-state index contributed by atoms with van der Waals surface area (Å²) in [5.41, 5.74) is 1.66. The van der Waals surface area contributed by atoms with Gasteiger partial charge in [-0.2, -0.15) is 0 Å². The van der Waals surface area contributed by atoms with Crippen LogP contribution in [0.3, 0.4) is 0 Å². The average Bonchev–Trinajstić information content (AvgIpc) is 2.85. The van der Waals surface area contributed by atoms with Gasteiger partial charge in [-0.25, -0.2) is 0 Å². The van der Waals surface area contributed by atoms with Crippen molar-refractivity contribution in [3.05, 3.63) is 42.0 Å². The zero-order valence-corrected chi connectivity index (χ0v) is 9.82. The number of hydrogen-bond acceptors (Lipinski definition) is 4. The van der Waals surface area contributed by atoms with E-state index in [9.17, 15) is 5.11 Å². The molecule has 1 atom stereocenters. The highest BCUT2D eigenvalue weighted by atomic mass is 16.3. The van der Waals surface area contributed by atoms with E-state index >= 15 is 0 Å². The third-order valence-corrected chi connectivity index (χ3v) is 2.61. The molecule has 2 heterocycles. The maximum absolute atomic E-state index is 9.60. The molecule has 90 valence electrons. The SMILES string of the molecule is CCC(O)c1cn(CCc2ccccn2)nn1. The molecule has 17 heavy (non-hydrogen) atoms. The molecule has 0 saturated heterocycles. The molecule has 2 rings (SSSR count). The van der Waals surface area contributed by atoms with E-state index in [2.05, 4.69) is 15.3 Å². The third kappa shape index (κ3) is 3.10. The van der Waals surface area contributed by atoms with Crippen LogP contribution in [-0.4, -0.2) is 25.1 Å². The van der Waals surface area contributed by atoms with Crippen molar-refractivity contribution in [3.8, 4) is 0 Å². The predicted molar refractivity (Wildman–Crippen MR) is 63.2 cm³/mol. The summed E-state index contributed by atoms with van der Waals surface area (Å²) in [5, 5.41) is 17.5.